The molecule has 0 aromatic heterocycles. The lowest BCUT2D eigenvalue weighted by atomic mass is 10.2. The van der Waals surface area contributed by atoms with Gasteiger partial charge in [-0.1, -0.05) is 17.7 Å². The number of halogens is 1. The van der Waals surface area contributed by atoms with Crippen molar-refractivity contribution in [3.05, 3.63) is 28.8 Å². The molecule has 0 radical (unpaired) electrons. The molecule has 0 aliphatic heterocycles. The summed E-state index contributed by atoms with van der Waals surface area (Å²) in [6.45, 7) is 5.85. The zero-order chi connectivity index (χ0) is 8.97. The van der Waals surface area contributed by atoms with E-state index in [0.29, 0.717) is 6.67 Å². The van der Waals surface area contributed by atoms with E-state index in [2.05, 4.69) is 17.0 Å². The molecule has 2 nitrogen and oxygen atoms in total. The number of aryl methyl sites for hydroxylation is 1. The number of rotatable bonds is 3. The summed E-state index contributed by atoms with van der Waals surface area (Å²) in [4.78, 5) is 3.68. The van der Waals surface area contributed by atoms with Crippen LogP contribution in [0, 0.1) is 6.92 Å². The normalized spacial score (nSPS) is 9.50. The van der Waals surface area contributed by atoms with Crippen molar-refractivity contribution < 1.29 is 0 Å². The lowest BCUT2D eigenvalue weighted by Gasteiger charge is -2.04. The van der Waals surface area contributed by atoms with Crippen LogP contribution < -0.4 is 5.32 Å². The minimum atomic E-state index is 0.513. The van der Waals surface area contributed by atoms with E-state index in [-0.39, 0.29) is 0 Å². The Morgan fingerprint density at radius 1 is 1.58 bits per heavy atom. The highest BCUT2D eigenvalue weighted by Gasteiger charge is 1.95. The Morgan fingerprint density at radius 2 is 2.33 bits per heavy atom. The van der Waals surface area contributed by atoms with Crippen LogP contribution in [0.1, 0.15) is 5.56 Å². The van der Waals surface area contributed by atoms with Crippen molar-refractivity contribution in [2.24, 2.45) is 4.99 Å². The van der Waals surface area contributed by atoms with E-state index in [1.807, 2.05) is 25.1 Å². The van der Waals surface area contributed by atoms with E-state index < -0.39 is 0 Å². The monoisotopic (exact) mass is 182 g/mol. The van der Waals surface area contributed by atoms with Crippen molar-refractivity contribution >= 4 is 24.0 Å². The summed E-state index contributed by atoms with van der Waals surface area (Å²) >= 11 is 5.91. The largest absolute Gasteiger partial charge is 0.366 e. The molecule has 0 saturated carbocycles. The fourth-order valence-electron chi connectivity index (χ4n) is 0.850. The van der Waals surface area contributed by atoms with Gasteiger partial charge < -0.3 is 5.32 Å². The third kappa shape index (κ3) is 2.24. The van der Waals surface area contributed by atoms with Crippen molar-refractivity contribution in [3.8, 4) is 0 Å². The molecule has 0 saturated heterocycles. The number of nitrogens with zero attached hydrogens (tertiary/aromatic N) is 1. The summed E-state index contributed by atoms with van der Waals surface area (Å²) in [5, 5.41) is 3.82. The first-order chi connectivity index (χ1) is 5.74. The van der Waals surface area contributed by atoms with Crippen LogP contribution >= 0.6 is 11.6 Å². The number of hydrogen-bond donors (Lipinski definition) is 1. The molecule has 0 aliphatic rings. The molecule has 0 atom stereocenters. The maximum Gasteiger partial charge on any atom is 0.107 e. The summed E-state index contributed by atoms with van der Waals surface area (Å²) in [7, 11) is 0. The molecular weight excluding hydrogens is 172 g/mol. The van der Waals surface area contributed by atoms with Gasteiger partial charge in [0.05, 0.1) is 0 Å². The van der Waals surface area contributed by atoms with E-state index in [0.717, 1.165) is 16.3 Å². The average molecular weight is 183 g/mol. The van der Waals surface area contributed by atoms with Crippen LogP contribution in [-0.2, 0) is 0 Å². The number of anilines is 1. The fourth-order valence-corrected chi connectivity index (χ4v) is 1.03. The highest BCUT2D eigenvalue weighted by molar-refractivity contribution is 6.31. The molecule has 0 fully saturated rings. The fraction of sp³-hybridized carbons (Fsp3) is 0.222. The molecule has 0 amide bonds. The van der Waals surface area contributed by atoms with Gasteiger partial charge in [0.2, 0.25) is 0 Å². The van der Waals surface area contributed by atoms with Crippen LogP contribution in [0.3, 0.4) is 0 Å². The molecule has 3 heteroatoms. The number of aliphatic imine (C=N–C) groups is 1. The third-order valence-corrected chi connectivity index (χ3v) is 1.97. The molecule has 0 heterocycles. The summed E-state index contributed by atoms with van der Waals surface area (Å²) in [5.41, 5.74) is 2.05. The van der Waals surface area contributed by atoms with Crippen molar-refractivity contribution in [1.29, 1.82) is 0 Å². The predicted octanol–water partition coefficient (Wildman–Crippen LogP) is 2.72. The van der Waals surface area contributed by atoms with E-state index in [4.69, 9.17) is 11.6 Å². The highest BCUT2D eigenvalue weighted by Crippen LogP contribution is 2.19. The molecular formula is C9H11ClN2. The summed E-state index contributed by atoms with van der Waals surface area (Å²) in [6, 6.07) is 5.81. The molecule has 0 unspecified atom stereocenters. The van der Waals surface area contributed by atoms with Crippen LogP contribution in [0.15, 0.2) is 23.2 Å². The van der Waals surface area contributed by atoms with Gasteiger partial charge in [0.15, 0.2) is 0 Å². The minimum Gasteiger partial charge on any atom is -0.366 e. The van der Waals surface area contributed by atoms with Crippen molar-refractivity contribution in [2.45, 2.75) is 6.92 Å². The lowest BCUT2D eigenvalue weighted by Crippen LogP contribution is -1.97. The van der Waals surface area contributed by atoms with Gasteiger partial charge in [-0.25, -0.2) is 0 Å². The molecule has 12 heavy (non-hydrogen) atoms. The van der Waals surface area contributed by atoms with Crippen molar-refractivity contribution in [1.82, 2.24) is 0 Å². The van der Waals surface area contributed by atoms with Gasteiger partial charge in [-0.3, -0.25) is 4.99 Å². The molecule has 0 bridgehead atoms. The van der Waals surface area contributed by atoms with Crippen LogP contribution in [0.2, 0.25) is 5.02 Å². The Balaban J connectivity index is 2.75. The summed E-state index contributed by atoms with van der Waals surface area (Å²) in [5.74, 6) is 0. The molecule has 0 aliphatic carbocycles. The Kier molecular flexibility index (Phi) is 3.11. The predicted molar refractivity (Wildman–Crippen MR) is 54.2 cm³/mol. The quantitative estimate of drug-likeness (QED) is 0.715. The Bertz CT molecular complexity index is 284. The van der Waals surface area contributed by atoms with Gasteiger partial charge in [0.25, 0.3) is 0 Å². The van der Waals surface area contributed by atoms with Crippen molar-refractivity contribution in [2.75, 3.05) is 12.0 Å². The number of nitrogens with one attached hydrogen (secondary N) is 1. The highest BCUT2D eigenvalue weighted by atomic mass is 35.5. The van der Waals surface area contributed by atoms with Crippen LogP contribution in [0.4, 0.5) is 5.69 Å². The second kappa shape index (κ2) is 4.12. The van der Waals surface area contributed by atoms with Gasteiger partial charge in [0.1, 0.15) is 6.67 Å². The molecule has 1 aromatic carbocycles. The van der Waals surface area contributed by atoms with E-state index in [1.165, 1.54) is 0 Å². The van der Waals surface area contributed by atoms with Gasteiger partial charge in [-0.15, -0.1) is 0 Å². The molecule has 1 aromatic rings. The third-order valence-electron chi connectivity index (χ3n) is 1.57. The topological polar surface area (TPSA) is 24.4 Å². The Hall–Kier alpha value is -1.02. The average Bonchev–Trinajstić information content (AvgIpc) is 2.07. The maximum atomic E-state index is 5.91. The first kappa shape index (κ1) is 9.07. The number of benzene rings is 1. The number of hydrogen-bond acceptors (Lipinski definition) is 2. The van der Waals surface area contributed by atoms with Gasteiger partial charge >= 0.3 is 0 Å². The first-order valence-electron chi connectivity index (χ1n) is 3.66. The van der Waals surface area contributed by atoms with E-state index in [9.17, 15) is 0 Å². The SMILES string of the molecule is C=NCNc1ccc(C)c(Cl)c1. The van der Waals surface area contributed by atoms with Gasteiger partial charge in [-0.2, -0.15) is 0 Å². The summed E-state index contributed by atoms with van der Waals surface area (Å²) < 4.78 is 0. The molecule has 0 spiro atoms. The zero-order valence-electron chi connectivity index (χ0n) is 6.97. The smallest absolute Gasteiger partial charge is 0.107 e. The second-order valence-corrected chi connectivity index (χ2v) is 2.93. The van der Waals surface area contributed by atoms with Crippen molar-refractivity contribution in [3.63, 3.8) is 0 Å². The summed E-state index contributed by atoms with van der Waals surface area (Å²) in [6.07, 6.45) is 0. The first-order valence-corrected chi connectivity index (χ1v) is 4.04. The zero-order valence-corrected chi connectivity index (χ0v) is 7.73. The van der Waals surface area contributed by atoms with Crippen LogP contribution in [0.25, 0.3) is 0 Å². The van der Waals surface area contributed by atoms with Gasteiger partial charge in [-0.05, 0) is 31.3 Å². The molecule has 1 rings (SSSR count). The van der Waals surface area contributed by atoms with Crippen LogP contribution in [0.5, 0.6) is 0 Å². The maximum absolute atomic E-state index is 5.91. The standard InChI is InChI=1S/C9H11ClN2/c1-7-3-4-8(5-9(7)10)12-6-11-2/h3-5,12H,2,6H2,1H3. The molecule has 64 valence electrons. The second-order valence-electron chi connectivity index (χ2n) is 2.52. The van der Waals surface area contributed by atoms with E-state index >= 15 is 0 Å². The molecule has 1 N–H and O–H groups in total. The van der Waals surface area contributed by atoms with E-state index in [1.54, 1.807) is 0 Å². The van der Waals surface area contributed by atoms with Crippen LogP contribution in [-0.4, -0.2) is 13.4 Å². The Morgan fingerprint density at radius 3 is 2.92 bits per heavy atom. The van der Waals surface area contributed by atoms with Gasteiger partial charge in [0, 0.05) is 10.7 Å². The Labute approximate surface area is 77.3 Å². The minimum absolute atomic E-state index is 0.513. The lowest BCUT2D eigenvalue weighted by molar-refractivity contribution is 1.15.